The van der Waals surface area contributed by atoms with Gasteiger partial charge in [0.15, 0.2) is 0 Å². The highest BCUT2D eigenvalue weighted by molar-refractivity contribution is 9.10. The van der Waals surface area contributed by atoms with Gasteiger partial charge >= 0.3 is 6.18 Å². The predicted molar refractivity (Wildman–Crippen MR) is 76.9 cm³/mol. The number of hydrogen-bond acceptors (Lipinski definition) is 3. The molecule has 1 atom stereocenters. The summed E-state index contributed by atoms with van der Waals surface area (Å²) in [6.07, 6.45) is -5.16. The van der Waals surface area contributed by atoms with E-state index in [1.807, 2.05) is 11.4 Å². The highest BCUT2D eigenvalue weighted by Gasteiger charge is 2.33. The number of aliphatic hydroxyl groups excluding tert-OH is 1. The Morgan fingerprint density at radius 1 is 1.30 bits per heavy atom. The van der Waals surface area contributed by atoms with Crippen LogP contribution in [0.5, 0.6) is 0 Å². The van der Waals surface area contributed by atoms with Crippen LogP contribution in [-0.2, 0) is 6.18 Å². The summed E-state index contributed by atoms with van der Waals surface area (Å²) in [4.78, 5) is 0.769. The van der Waals surface area contributed by atoms with E-state index >= 15 is 0 Å². The van der Waals surface area contributed by atoms with Crippen molar-refractivity contribution in [3.63, 3.8) is 0 Å². The molecular weight excluding hydrogens is 355 g/mol. The minimum atomic E-state index is -4.41. The Bertz CT molecular complexity index is 571. The Morgan fingerprint density at radius 2 is 2.05 bits per heavy atom. The molecule has 2 N–H and O–H groups in total. The summed E-state index contributed by atoms with van der Waals surface area (Å²) < 4.78 is 38.2. The van der Waals surface area contributed by atoms with E-state index < -0.39 is 17.8 Å². The Balaban J connectivity index is 2.07. The first kappa shape index (κ1) is 15.3. The molecule has 20 heavy (non-hydrogen) atoms. The standard InChI is InChI=1S/C13H11BrF3NOS/c14-10-4-3-8(6-9(10)13(15,16)17)18-7-11(19)12-2-1-5-20-12/h1-6,11,18-19H,7H2. The minimum absolute atomic E-state index is 0.00523. The fourth-order valence-electron chi connectivity index (χ4n) is 1.65. The second-order valence-corrected chi connectivity index (χ2v) is 5.94. The fourth-order valence-corrected chi connectivity index (χ4v) is 2.83. The number of benzene rings is 1. The first-order valence-corrected chi connectivity index (χ1v) is 7.37. The molecule has 0 spiro atoms. The highest BCUT2D eigenvalue weighted by atomic mass is 79.9. The van der Waals surface area contributed by atoms with Crippen LogP contribution in [0.25, 0.3) is 0 Å². The van der Waals surface area contributed by atoms with Gasteiger partial charge in [-0.2, -0.15) is 13.2 Å². The van der Waals surface area contributed by atoms with E-state index in [1.165, 1.54) is 23.5 Å². The molecule has 2 aromatic rings. The van der Waals surface area contributed by atoms with Gasteiger partial charge in [0, 0.05) is 21.6 Å². The van der Waals surface area contributed by atoms with Crippen molar-refractivity contribution < 1.29 is 18.3 Å². The molecule has 0 fully saturated rings. The average Bonchev–Trinajstić information content (AvgIpc) is 2.90. The smallest absolute Gasteiger partial charge is 0.386 e. The normalized spacial score (nSPS) is 13.2. The lowest BCUT2D eigenvalue weighted by Gasteiger charge is -2.14. The molecule has 1 unspecified atom stereocenters. The molecule has 1 heterocycles. The van der Waals surface area contributed by atoms with Crippen LogP contribution in [-0.4, -0.2) is 11.7 Å². The number of alkyl halides is 3. The van der Waals surface area contributed by atoms with Crippen molar-refractivity contribution in [1.29, 1.82) is 0 Å². The van der Waals surface area contributed by atoms with E-state index in [2.05, 4.69) is 21.2 Å². The molecule has 108 valence electrons. The van der Waals surface area contributed by atoms with E-state index in [4.69, 9.17) is 0 Å². The first-order chi connectivity index (χ1) is 9.38. The Hall–Kier alpha value is -1.05. The van der Waals surface area contributed by atoms with Gasteiger partial charge in [0.2, 0.25) is 0 Å². The Kier molecular flexibility index (Phi) is 4.72. The fraction of sp³-hybridized carbons (Fsp3) is 0.231. The van der Waals surface area contributed by atoms with Gasteiger partial charge in [0.25, 0.3) is 0 Å². The Morgan fingerprint density at radius 3 is 2.65 bits per heavy atom. The topological polar surface area (TPSA) is 32.3 Å². The molecule has 0 aliphatic heterocycles. The van der Waals surface area contributed by atoms with Gasteiger partial charge in [-0.15, -0.1) is 11.3 Å². The molecule has 0 aliphatic rings. The third-order valence-electron chi connectivity index (χ3n) is 2.64. The van der Waals surface area contributed by atoms with E-state index in [0.29, 0.717) is 5.69 Å². The number of nitrogens with one attached hydrogen (secondary N) is 1. The van der Waals surface area contributed by atoms with Crippen molar-refractivity contribution in [2.24, 2.45) is 0 Å². The van der Waals surface area contributed by atoms with E-state index in [-0.39, 0.29) is 11.0 Å². The monoisotopic (exact) mass is 365 g/mol. The van der Waals surface area contributed by atoms with Gasteiger partial charge in [-0.1, -0.05) is 22.0 Å². The number of halogens is 4. The SMILES string of the molecule is OC(CNc1ccc(Br)c(C(F)(F)F)c1)c1cccs1. The Labute approximate surface area is 126 Å². The number of hydrogen-bond donors (Lipinski definition) is 2. The third-order valence-corrected chi connectivity index (χ3v) is 4.31. The van der Waals surface area contributed by atoms with Crippen LogP contribution < -0.4 is 5.32 Å². The second kappa shape index (κ2) is 6.15. The van der Waals surface area contributed by atoms with Crippen LogP contribution in [0, 0.1) is 0 Å². The van der Waals surface area contributed by atoms with Crippen LogP contribution in [0.3, 0.4) is 0 Å². The molecule has 0 saturated carbocycles. The molecule has 0 amide bonds. The largest absolute Gasteiger partial charge is 0.417 e. The van der Waals surface area contributed by atoms with Crippen LogP contribution in [0.2, 0.25) is 0 Å². The zero-order valence-corrected chi connectivity index (χ0v) is 12.5. The van der Waals surface area contributed by atoms with Gasteiger partial charge < -0.3 is 10.4 Å². The van der Waals surface area contributed by atoms with Crippen LogP contribution in [0.4, 0.5) is 18.9 Å². The maximum Gasteiger partial charge on any atom is 0.417 e. The van der Waals surface area contributed by atoms with Gasteiger partial charge in [-0.05, 0) is 29.6 Å². The lowest BCUT2D eigenvalue weighted by Crippen LogP contribution is -2.12. The maximum absolute atomic E-state index is 12.7. The van der Waals surface area contributed by atoms with Crippen molar-refractivity contribution in [3.8, 4) is 0 Å². The molecule has 1 aromatic heterocycles. The minimum Gasteiger partial charge on any atom is -0.386 e. The number of aliphatic hydroxyl groups is 1. The summed E-state index contributed by atoms with van der Waals surface area (Å²) in [5, 5.41) is 14.5. The number of rotatable bonds is 4. The van der Waals surface area contributed by atoms with Crippen molar-refractivity contribution in [2.75, 3.05) is 11.9 Å². The van der Waals surface area contributed by atoms with Crippen LogP contribution in [0.15, 0.2) is 40.2 Å². The molecule has 0 aliphatic carbocycles. The van der Waals surface area contributed by atoms with Gasteiger partial charge in [-0.25, -0.2) is 0 Å². The lowest BCUT2D eigenvalue weighted by atomic mass is 10.2. The summed E-state index contributed by atoms with van der Waals surface area (Å²) >= 11 is 4.28. The number of thiophene rings is 1. The second-order valence-electron chi connectivity index (χ2n) is 4.10. The van der Waals surface area contributed by atoms with Crippen molar-refractivity contribution >= 4 is 33.0 Å². The van der Waals surface area contributed by atoms with E-state index in [0.717, 1.165) is 10.9 Å². The van der Waals surface area contributed by atoms with Crippen LogP contribution in [0.1, 0.15) is 16.5 Å². The van der Waals surface area contributed by atoms with E-state index in [9.17, 15) is 18.3 Å². The molecular formula is C13H11BrF3NOS. The summed E-state index contributed by atoms with van der Waals surface area (Å²) in [7, 11) is 0. The zero-order valence-electron chi connectivity index (χ0n) is 10.1. The zero-order chi connectivity index (χ0) is 14.8. The number of anilines is 1. The van der Waals surface area contributed by atoms with Gasteiger partial charge in [0.05, 0.1) is 5.56 Å². The summed E-state index contributed by atoms with van der Waals surface area (Å²) in [6.45, 7) is 0.152. The average molecular weight is 366 g/mol. The molecule has 0 radical (unpaired) electrons. The maximum atomic E-state index is 12.7. The predicted octanol–water partition coefficient (Wildman–Crippen LogP) is 4.67. The van der Waals surface area contributed by atoms with Crippen molar-refractivity contribution in [3.05, 3.63) is 50.6 Å². The molecule has 2 rings (SSSR count). The highest BCUT2D eigenvalue weighted by Crippen LogP contribution is 2.36. The molecule has 7 heteroatoms. The van der Waals surface area contributed by atoms with Crippen molar-refractivity contribution in [2.45, 2.75) is 12.3 Å². The van der Waals surface area contributed by atoms with Crippen molar-refractivity contribution in [1.82, 2.24) is 0 Å². The quantitative estimate of drug-likeness (QED) is 0.824. The molecule has 2 nitrogen and oxygen atoms in total. The van der Waals surface area contributed by atoms with Gasteiger partial charge in [-0.3, -0.25) is 0 Å². The van der Waals surface area contributed by atoms with Crippen LogP contribution >= 0.6 is 27.3 Å². The summed E-state index contributed by atoms with van der Waals surface area (Å²) in [6, 6.07) is 7.47. The molecule has 1 aromatic carbocycles. The first-order valence-electron chi connectivity index (χ1n) is 5.70. The third kappa shape index (κ3) is 3.74. The van der Waals surface area contributed by atoms with E-state index in [1.54, 1.807) is 6.07 Å². The van der Waals surface area contributed by atoms with Gasteiger partial charge in [0.1, 0.15) is 6.10 Å². The molecule has 0 bridgehead atoms. The lowest BCUT2D eigenvalue weighted by molar-refractivity contribution is -0.138. The summed E-state index contributed by atoms with van der Waals surface area (Å²) in [5.41, 5.74) is -0.427. The molecule has 0 saturated heterocycles. The summed E-state index contributed by atoms with van der Waals surface area (Å²) in [5.74, 6) is 0.